The van der Waals surface area contributed by atoms with Crippen molar-refractivity contribution in [1.29, 1.82) is 0 Å². The van der Waals surface area contributed by atoms with Crippen molar-refractivity contribution < 1.29 is 17.9 Å². The minimum Gasteiger partial charge on any atom is -0.447 e. The summed E-state index contributed by atoms with van der Waals surface area (Å²) < 4.78 is 26.4. The van der Waals surface area contributed by atoms with Crippen LogP contribution in [0.1, 0.15) is 27.7 Å². The average molecular weight is 237 g/mol. The summed E-state index contributed by atoms with van der Waals surface area (Å²) in [6, 6.07) is 0. The van der Waals surface area contributed by atoms with Crippen LogP contribution in [0.2, 0.25) is 0 Å². The molecule has 0 aliphatic rings. The summed E-state index contributed by atoms with van der Waals surface area (Å²) in [5.74, 6) is 0. The van der Waals surface area contributed by atoms with Crippen molar-refractivity contribution in [2.24, 2.45) is 0 Å². The Morgan fingerprint density at radius 3 is 2.20 bits per heavy atom. The average Bonchev–Trinajstić information content (AvgIpc) is 1.97. The molecule has 0 aromatic carbocycles. The molecule has 15 heavy (non-hydrogen) atoms. The van der Waals surface area contributed by atoms with Crippen molar-refractivity contribution in [1.82, 2.24) is 5.32 Å². The molecule has 0 spiro atoms. The number of hydrogen-bond acceptors (Lipinski definition) is 4. The molecule has 5 nitrogen and oxygen atoms in total. The van der Waals surface area contributed by atoms with Crippen LogP contribution in [0, 0.1) is 0 Å². The summed E-state index contributed by atoms with van der Waals surface area (Å²) in [6.07, 6.45) is 0.329. The molecular weight excluding hydrogens is 218 g/mol. The largest absolute Gasteiger partial charge is 0.447 e. The topological polar surface area (TPSA) is 72.5 Å². The zero-order valence-corrected chi connectivity index (χ0v) is 10.6. The highest BCUT2D eigenvalue weighted by Gasteiger charge is 2.30. The van der Waals surface area contributed by atoms with E-state index in [4.69, 9.17) is 4.74 Å². The molecular formula is C9H19NO4S. The van der Waals surface area contributed by atoms with Crippen LogP contribution in [0.15, 0.2) is 0 Å². The van der Waals surface area contributed by atoms with Gasteiger partial charge in [-0.15, -0.1) is 0 Å². The lowest BCUT2D eigenvalue weighted by atomic mass is 10.2. The molecule has 6 heteroatoms. The van der Waals surface area contributed by atoms with Gasteiger partial charge < -0.3 is 10.1 Å². The van der Waals surface area contributed by atoms with Crippen molar-refractivity contribution in [2.45, 2.75) is 38.5 Å². The maximum absolute atomic E-state index is 11.3. The second-order valence-corrected chi connectivity index (χ2v) is 6.99. The van der Waals surface area contributed by atoms with E-state index < -0.39 is 20.7 Å². The first kappa shape index (κ1) is 14.2. The van der Waals surface area contributed by atoms with Crippen molar-refractivity contribution in [3.63, 3.8) is 0 Å². The lowest BCUT2D eigenvalue weighted by Crippen LogP contribution is -2.44. The highest BCUT2D eigenvalue weighted by Crippen LogP contribution is 2.13. The molecule has 0 aliphatic heterocycles. The third-order valence-electron chi connectivity index (χ3n) is 2.00. The summed E-state index contributed by atoms with van der Waals surface area (Å²) in [4.78, 5) is 11.1. The fraction of sp³-hybridized carbons (Fsp3) is 0.889. The van der Waals surface area contributed by atoms with Gasteiger partial charge in [0.2, 0.25) is 0 Å². The minimum absolute atomic E-state index is 0.0391. The lowest BCUT2D eigenvalue weighted by molar-refractivity contribution is 0.115. The summed E-state index contributed by atoms with van der Waals surface area (Å²) in [5, 5.41) is 2.42. The Kier molecular flexibility index (Phi) is 4.58. The van der Waals surface area contributed by atoms with Gasteiger partial charge in [0.15, 0.2) is 9.84 Å². The monoisotopic (exact) mass is 237 g/mol. The molecule has 0 aliphatic carbocycles. The molecule has 0 heterocycles. The number of carbonyl (C=O) groups excluding carboxylic acids is 1. The lowest BCUT2D eigenvalue weighted by Gasteiger charge is -2.22. The van der Waals surface area contributed by atoms with Gasteiger partial charge >= 0.3 is 6.09 Å². The van der Waals surface area contributed by atoms with Crippen LogP contribution >= 0.6 is 0 Å². The number of nitrogens with one attached hydrogen (secondary N) is 1. The number of alkyl carbamates (subject to hydrolysis) is 1. The van der Waals surface area contributed by atoms with Gasteiger partial charge in [-0.3, -0.25) is 0 Å². The van der Waals surface area contributed by atoms with Crippen molar-refractivity contribution in [2.75, 3.05) is 12.8 Å². The predicted octanol–water partition coefficient (Wildman–Crippen LogP) is 0.944. The number of ether oxygens (including phenoxy) is 1. The number of hydrogen-bond donors (Lipinski definition) is 1. The first-order valence-electron chi connectivity index (χ1n) is 4.70. The Labute approximate surface area is 91.1 Å². The number of rotatable bonds is 4. The van der Waals surface area contributed by atoms with Crippen LogP contribution in [0.5, 0.6) is 0 Å². The SMILES string of the molecule is CC(C)OC(=O)NCC(C)(C)S(C)(=O)=O. The normalized spacial score (nSPS) is 12.7. The maximum Gasteiger partial charge on any atom is 0.407 e. The van der Waals surface area contributed by atoms with E-state index in [1.165, 1.54) is 0 Å². The van der Waals surface area contributed by atoms with Gasteiger partial charge in [0.1, 0.15) is 0 Å². The Bertz CT molecular complexity index is 319. The molecule has 0 bridgehead atoms. The molecule has 0 rings (SSSR count). The van der Waals surface area contributed by atoms with Crippen LogP contribution in [0.4, 0.5) is 4.79 Å². The van der Waals surface area contributed by atoms with E-state index in [1.807, 2.05) is 0 Å². The fourth-order valence-electron chi connectivity index (χ4n) is 0.672. The van der Waals surface area contributed by atoms with Crippen molar-refractivity contribution in [3.05, 3.63) is 0 Å². The van der Waals surface area contributed by atoms with Gasteiger partial charge in [0.05, 0.1) is 10.9 Å². The van der Waals surface area contributed by atoms with Crippen molar-refractivity contribution in [3.8, 4) is 0 Å². The van der Waals surface area contributed by atoms with E-state index in [0.717, 1.165) is 6.26 Å². The van der Waals surface area contributed by atoms with Gasteiger partial charge in [0.25, 0.3) is 0 Å². The van der Waals surface area contributed by atoms with Gasteiger partial charge in [-0.25, -0.2) is 13.2 Å². The number of amides is 1. The van der Waals surface area contributed by atoms with E-state index in [2.05, 4.69) is 5.32 Å². The predicted molar refractivity (Wildman–Crippen MR) is 58.5 cm³/mol. The van der Waals surface area contributed by atoms with E-state index in [1.54, 1.807) is 27.7 Å². The van der Waals surface area contributed by atoms with Crippen molar-refractivity contribution >= 4 is 15.9 Å². The Morgan fingerprint density at radius 1 is 1.40 bits per heavy atom. The van der Waals surface area contributed by atoms with Gasteiger partial charge in [-0.2, -0.15) is 0 Å². The Balaban J connectivity index is 4.23. The third kappa shape index (κ3) is 5.01. The standard InChI is InChI=1S/C9H19NO4S/c1-7(2)14-8(11)10-6-9(3,4)15(5,12)13/h7H,6H2,1-5H3,(H,10,11). The summed E-state index contributed by atoms with van der Waals surface area (Å²) in [5.41, 5.74) is 0. The zero-order chi connectivity index (χ0) is 12.3. The van der Waals surface area contributed by atoms with E-state index in [-0.39, 0.29) is 12.6 Å². The quantitative estimate of drug-likeness (QED) is 0.790. The van der Waals surface area contributed by atoms with Gasteiger partial charge in [0, 0.05) is 12.8 Å². The molecule has 0 atom stereocenters. The second-order valence-electron chi connectivity index (χ2n) is 4.34. The molecule has 0 fully saturated rings. The van der Waals surface area contributed by atoms with Crippen LogP contribution in [0.3, 0.4) is 0 Å². The molecule has 1 amide bonds. The first-order valence-corrected chi connectivity index (χ1v) is 6.59. The molecule has 90 valence electrons. The van der Waals surface area contributed by atoms with Gasteiger partial charge in [-0.1, -0.05) is 0 Å². The maximum atomic E-state index is 11.3. The molecule has 0 radical (unpaired) electrons. The molecule has 0 unspecified atom stereocenters. The van der Waals surface area contributed by atoms with Gasteiger partial charge in [-0.05, 0) is 27.7 Å². The van der Waals surface area contributed by atoms with E-state index in [9.17, 15) is 13.2 Å². The van der Waals surface area contributed by atoms with Crippen LogP contribution < -0.4 is 5.32 Å². The summed E-state index contributed by atoms with van der Waals surface area (Å²) in [7, 11) is -3.20. The minimum atomic E-state index is -3.20. The first-order chi connectivity index (χ1) is 6.56. The summed E-state index contributed by atoms with van der Waals surface area (Å²) in [6.45, 7) is 6.59. The Morgan fingerprint density at radius 2 is 1.87 bits per heavy atom. The number of carbonyl (C=O) groups is 1. The van der Waals surface area contributed by atoms with Crippen LogP contribution in [-0.4, -0.2) is 38.2 Å². The molecule has 0 saturated heterocycles. The fourth-order valence-corrected chi connectivity index (χ4v) is 1.01. The second kappa shape index (κ2) is 4.83. The smallest absolute Gasteiger partial charge is 0.407 e. The molecule has 1 N–H and O–H groups in total. The number of sulfone groups is 1. The van der Waals surface area contributed by atoms with E-state index >= 15 is 0 Å². The molecule has 0 aromatic heterocycles. The molecule has 0 aromatic rings. The van der Waals surface area contributed by atoms with Crippen LogP contribution in [0.25, 0.3) is 0 Å². The molecule has 0 saturated carbocycles. The highest BCUT2D eigenvalue weighted by molar-refractivity contribution is 7.92. The zero-order valence-electron chi connectivity index (χ0n) is 9.83. The van der Waals surface area contributed by atoms with Crippen LogP contribution in [-0.2, 0) is 14.6 Å². The third-order valence-corrected chi connectivity index (χ3v) is 4.16. The highest BCUT2D eigenvalue weighted by atomic mass is 32.2. The van der Waals surface area contributed by atoms with E-state index in [0.29, 0.717) is 0 Å². The summed E-state index contributed by atoms with van der Waals surface area (Å²) >= 11 is 0. The Hall–Kier alpha value is -0.780.